The summed E-state index contributed by atoms with van der Waals surface area (Å²) in [5.74, 6) is 0.577. The molecule has 0 radical (unpaired) electrons. The minimum atomic E-state index is -0.484. The predicted molar refractivity (Wildman–Crippen MR) is 137 cm³/mol. The number of benzene rings is 1. The maximum Gasteiger partial charge on any atom is 0.269 e. The van der Waals surface area contributed by atoms with E-state index in [1.165, 1.54) is 13.3 Å². The van der Waals surface area contributed by atoms with E-state index >= 15 is 0 Å². The number of allylic oxidation sites excluding steroid dienone is 1. The van der Waals surface area contributed by atoms with E-state index < -0.39 is 5.91 Å². The minimum Gasteiger partial charge on any atom is -0.393 e. The molecule has 10 nitrogen and oxygen atoms in total. The van der Waals surface area contributed by atoms with Crippen LogP contribution in [0, 0.1) is 13.8 Å². The van der Waals surface area contributed by atoms with Gasteiger partial charge in [0.1, 0.15) is 17.1 Å². The number of aliphatic imine (C=N–C) groups is 1. The maximum absolute atomic E-state index is 12.2. The van der Waals surface area contributed by atoms with E-state index in [-0.39, 0.29) is 11.4 Å². The fraction of sp³-hybridized carbons (Fsp3) is 0.130. The van der Waals surface area contributed by atoms with Crippen molar-refractivity contribution in [3.8, 4) is 11.5 Å². The third-order valence-corrected chi connectivity index (χ3v) is 5.60. The summed E-state index contributed by atoms with van der Waals surface area (Å²) >= 11 is 12.4. The Labute approximate surface area is 210 Å². The highest BCUT2D eigenvalue weighted by atomic mass is 35.5. The lowest BCUT2D eigenvalue weighted by Crippen LogP contribution is -2.28. The van der Waals surface area contributed by atoms with Crippen molar-refractivity contribution in [2.75, 3.05) is 12.4 Å². The van der Waals surface area contributed by atoms with Crippen molar-refractivity contribution in [2.24, 2.45) is 10.7 Å². The zero-order valence-corrected chi connectivity index (χ0v) is 20.6. The van der Waals surface area contributed by atoms with Crippen molar-refractivity contribution in [3.63, 3.8) is 0 Å². The first kappa shape index (κ1) is 24.1. The molecule has 0 spiro atoms. The molecule has 4 rings (SSSR count). The van der Waals surface area contributed by atoms with Crippen molar-refractivity contribution >= 4 is 52.5 Å². The molecular formula is C23H21Cl2N9O. The number of hydrogen-bond donors (Lipinski definition) is 3. The molecule has 178 valence electrons. The van der Waals surface area contributed by atoms with Gasteiger partial charge in [-0.05, 0) is 44.2 Å². The van der Waals surface area contributed by atoms with Crippen molar-refractivity contribution in [1.29, 1.82) is 0 Å². The van der Waals surface area contributed by atoms with E-state index in [0.717, 1.165) is 11.4 Å². The Kier molecular flexibility index (Phi) is 6.94. The van der Waals surface area contributed by atoms with Gasteiger partial charge >= 0.3 is 0 Å². The lowest BCUT2D eigenvalue weighted by atomic mass is 10.2. The molecule has 4 N–H and O–H groups in total. The van der Waals surface area contributed by atoms with Gasteiger partial charge in [0.05, 0.1) is 33.8 Å². The second kappa shape index (κ2) is 10.1. The maximum atomic E-state index is 12.2. The molecule has 35 heavy (non-hydrogen) atoms. The van der Waals surface area contributed by atoms with Crippen LogP contribution in [0.1, 0.15) is 11.4 Å². The smallest absolute Gasteiger partial charge is 0.269 e. The average molecular weight is 510 g/mol. The molecule has 0 unspecified atom stereocenters. The molecule has 0 bridgehead atoms. The van der Waals surface area contributed by atoms with Crippen LogP contribution >= 0.6 is 23.2 Å². The predicted octanol–water partition coefficient (Wildman–Crippen LogP) is 3.84. The van der Waals surface area contributed by atoms with E-state index in [2.05, 4.69) is 35.8 Å². The monoisotopic (exact) mass is 509 g/mol. The van der Waals surface area contributed by atoms with E-state index in [9.17, 15) is 4.79 Å². The summed E-state index contributed by atoms with van der Waals surface area (Å²) in [6, 6.07) is 10.5. The Morgan fingerprint density at radius 1 is 1.14 bits per heavy atom. The Balaban J connectivity index is 1.66. The number of anilines is 1. The molecule has 0 saturated heterocycles. The fourth-order valence-electron chi connectivity index (χ4n) is 3.32. The number of halogens is 2. The summed E-state index contributed by atoms with van der Waals surface area (Å²) in [5, 5.41) is 14.7. The molecule has 1 aromatic carbocycles. The third-order valence-electron chi connectivity index (χ3n) is 4.99. The van der Waals surface area contributed by atoms with Gasteiger partial charge in [-0.25, -0.2) is 4.98 Å². The molecule has 0 aliphatic heterocycles. The van der Waals surface area contributed by atoms with Crippen molar-refractivity contribution < 1.29 is 4.79 Å². The van der Waals surface area contributed by atoms with Crippen molar-refractivity contribution in [3.05, 3.63) is 75.4 Å². The van der Waals surface area contributed by atoms with Crippen LogP contribution in [0.4, 0.5) is 11.4 Å². The average Bonchev–Trinajstić information content (AvgIpc) is 3.26. The zero-order valence-electron chi connectivity index (χ0n) is 19.0. The van der Waals surface area contributed by atoms with Crippen LogP contribution in [0.3, 0.4) is 0 Å². The van der Waals surface area contributed by atoms with Crippen LogP contribution in [0.2, 0.25) is 10.0 Å². The number of rotatable bonds is 6. The van der Waals surface area contributed by atoms with Crippen LogP contribution in [-0.4, -0.2) is 43.7 Å². The number of pyridine rings is 1. The van der Waals surface area contributed by atoms with Crippen molar-refractivity contribution in [1.82, 2.24) is 29.9 Å². The van der Waals surface area contributed by atoms with E-state index in [0.29, 0.717) is 38.7 Å². The number of carbonyl (C=O) groups is 1. The van der Waals surface area contributed by atoms with Crippen LogP contribution in [-0.2, 0) is 4.79 Å². The molecular weight excluding hydrogens is 489 g/mol. The third kappa shape index (κ3) is 5.08. The topological polar surface area (TPSA) is 135 Å². The first-order valence-corrected chi connectivity index (χ1v) is 11.2. The van der Waals surface area contributed by atoms with Gasteiger partial charge < -0.3 is 16.4 Å². The van der Waals surface area contributed by atoms with Gasteiger partial charge in [0.25, 0.3) is 11.7 Å². The van der Waals surface area contributed by atoms with Gasteiger partial charge in [-0.15, -0.1) is 10.2 Å². The quantitative estimate of drug-likeness (QED) is 0.265. The molecule has 0 aliphatic rings. The summed E-state index contributed by atoms with van der Waals surface area (Å²) in [4.78, 5) is 25.4. The summed E-state index contributed by atoms with van der Waals surface area (Å²) in [7, 11) is 1.48. The molecule has 0 aliphatic carbocycles. The van der Waals surface area contributed by atoms with Gasteiger partial charge in [0.2, 0.25) is 0 Å². The fourth-order valence-corrected chi connectivity index (χ4v) is 3.81. The zero-order chi connectivity index (χ0) is 25.1. The second-order valence-corrected chi connectivity index (χ2v) is 8.30. The minimum absolute atomic E-state index is 0.0796. The number of nitrogens with two attached hydrogens (primary N) is 1. The van der Waals surface area contributed by atoms with E-state index in [1.54, 1.807) is 36.5 Å². The Morgan fingerprint density at radius 2 is 1.89 bits per heavy atom. The molecule has 0 atom stereocenters. The first-order chi connectivity index (χ1) is 16.8. The number of amides is 1. The second-order valence-electron chi connectivity index (χ2n) is 7.49. The Hall–Kier alpha value is -4.02. The summed E-state index contributed by atoms with van der Waals surface area (Å²) < 4.78 is 1.83. The number of likely N-dealkylation sites (N-methyl/N-ethyl adjacent to an activating group) is 1. The number of nitrogens with zero attached hydrogens (tertiary/aromatic N) is 6. The van der Waals surface area contributed by atoms with E-state index in [4.69, 9.17) is 28.9 Å². The SMILES string of the molecule is CNC(=O)/C(N)=C(/C=Nc1c(Cl)cccc1Cl)Nc1ccc(-c2nnc3nc(C)cc(C)n23)nc1. The van der Waals surface area contributed by atoms with E-state index in [1.807, 2.05) is 24.3 Å². The molecule has 0 saturated carbocycles. The van der Waals surface area contributed by atoms with Gasteiger partial charge in [-0.2, -0.15) is 0 Å². The van der Waals surface area contributed by atoms with Crippen LogP contribution in [0.25, 0.3) is 17.3 Å². The lowest BCUT2D eigenvalue weighted by Gasteiger charge is -2.11. The number of nitrogens with one attached hydrogen (secondary N) is 2. The largest absolute Gasteiger partial charge is 0.393 e. The highest BCUT2D eigenvalue weighted by Crippen LogP contribution is 2.32. The van der Waals surface area contributed by atoms with Crippen LogP contribution in [0.5, 0.6) is 0 Å². The molecule has 3 aromatic heterocycles. The van der Waals surface area contributed by atoms with Gasteiger partial charge in [-0.3, -0.25) is 19.2 Å². The molecule has 3 heterocycles. The van der Waals surface area contributed by atoms with Gasteiger partial charge in [-0.1, -0.05) is 29.3 Å². The summed E-state index contributed by atoms with van der Waals surface area (Å²) in [6.07, 6.45) is 2.97. The first-order valence-electron chi connectivity index (χ1n) is 10.4. The number of aromatic nitrogens is 5. The van der Waals surface area contributed by atoms with Crippen molar-refractivity contribution in [2.45, 2.75) is 13.8 Å². The van der Waals surface area contributed by atoms with Crippen LogP contribution < -0.4 is 16.4 Å². The standard InChI is InChI=1S/C23H21Cl2N9O/c1-12-9-13(2)34-21(32-33-23(34)30-12)17-8-7-14(10-28-17)31-18(19(26)22(35)27-3)11-29-20-15(24)5-4-6-16(20)25/h4-11,31H,26H2,1-3H3,(H,27,35)/b19-18+,29-11?. The number of hydrogen-bond acceptors (Lipinski definition) is 8. The van der Waals surface area contributed by atoms with Crippen LogP contribution in [0.15, 0.2) is 59.0 Å². The number of aryl methyl sites for hydroxylation is 2. The summed E-state index contributed by atoms with van der Waals surface area (Å²) in [5.41, 5.74) is 9.52. The van der Waals surface area contributed by atoms with Gasteiger partial charge in [0.15, 0.2) is 5.82 Å². The number of para-hydroxylation sites is 1. The van der Waals surface area contributed by atoms with Gasteiger partial charge in [0, 0.05) is 18.4 Å². The Bertz CT molecular complexity index is 1460. The highest BCUT2D eigenvalue weighted by Gasteiger charge is 2.14. The molecule has 1 amide bonds. The highest BCUT2D eigenvalue weighted by molar-refractivity contribution is 6.38. The summed E-state index contributed by atoms with van der Waals surface area (Å²) in [6.45, 7) is 3.85. The molecule has 0 fully saturated rings. The Morgan fingerprint density at radius 3 is 2.54 bits per heavy atom. The molecule has 4 aromatic rings. The lowest BCUT2D eigenvalue weighted by molar-refractivity contribution is -0.117. The number of carbonyl (C=O) groups excluding carboxylic acids is 1. The molecule has 12 heteroatoms. The number of fused-ring (bicyclic) bond motifs is 1. The normalized spacial score (nSPS) is 12.1.